The number of amides is 1. The van der Waals surface area contributed by atoms with E-state index in [-0.39, 0.29) is 11.5 Å². The summed E-state index contributed by atoms with van der Waals surface area (Å²) >= 11 is 0. The summed E-state index contributed by atoms with van der Waals surface area (Å²) in [5, 5.41) is 9.41. The van der Waals surface area contributed by atoms with E-state index in [0.29, 0.717) is 28.1 Å². The van der Waals surface area contributed by atoms with Crippen molar-refractivity contribution in [1.29, 1.82) is 0 Å². The van der Waals surface area contributed by atoms with Gasteiger partial charge in [-0.25, -0.2) is 4.39 Å². The largest absolute Gasteiger partial charge is 0.428 e. The molecule has 156 valence electrons. The first-order chi connectivity index (χ1) is 13.5. The molecular weight excluding hydrogens is 390 g/mol. The SMILES string of the molecule is C[C@@H](c1cccc(F)c1)N1Cc2ccc(C(N)N(C)C(O)C(F)(F)F)cc2C1=O. The number of hydrogen-bond acceptors (Lipinski definition) is 4. The van der Waals surface area contributed by atoms with Gasteiger partial charge in [-0.2, -0.15) is 13.2 Å². The number of rotatable bonds is 5. The summed E-state index contributed by atoms with van der Waals surface area (Å²) in [5.41, 5.74) is 7.81. The molecule has 0 saturated heterocycles. The van der Waals surface area contributed by atoms with Gasteiger partial charge in [0.15, 0.2) is 0 Å². The third kappa shape index (κ3) is 4.12. The lowest BCUT2D eigenvalue weighted by molar-refractivity contribution is -0.252. The number of benzene rings is 2. The van der Waals surface area contributed by atoms with Gasteiger partial charge in [-0.3, -0.25) is 9.69 Å². The molecule has 0 saturated carbocycles. The molecule has 0 spiro atoms. The summed E-state index contributed by atoms with van der Waals surface area (Å²) in [4.78, 5) is 15.0. The smallest absolute Gasteiger partial charge is 0.370 e. The minimum Gasteiger partial charge on any atom is -0.370 e. The van der Waals surface area contributed by atoms with Crippen molar-refractivity contribution < 1.29 is 27.5 Å². The summed E-state index contributed by atoms with van der Waals surface area (Å²) < 4.78 is 51.8. The predicted molar refractivity (Wildman–Crippen MR) is 97.9 cm³/mol. The van der Waals surface area contributed by atoms with Crippen molar-refractivity contribution in [3.05, 3.63) is 70.5 Å². The number of aliphatic hydroxyl groups is 1. The lowest BCUT2D eigenvalue weighted by atomic mass is 10.0. The summed E-state index contributed by atoms with van der Waals surface area (Å²) in [6, 6.07) is 10.2. The summed E-state index contributed by atoms with van der Waals surface area (Å²) in [5.74, 6) is -0.720. The standard InChI is InChI=1S/C20H21F4N3O2/c1-11(12-4-3-5-15(21)8-12)27-10-14-7-6-13(9-16(14)18(27)28)17(25)26(2)19(29)20(22,23)24/h3-9,11,17,19,29H,10,25H2,1-2H3/t11-,17?,19?/m0/s1. The number of aliphatic hydroxyl groups excluding tert-OH is 1. The van der Waals surface area contributed by atoms with Crippen LogP contribution in [0.3, 0.4) is 0 Å². The van der Waals surface area contributed by atoms with Gasteiger partial charge >= 0.3 is 6.18 Å². The first-order valence-electron chi connectivity index (χ1n) is 8.92. The molecule has 1 aliphatic heterocycles. The molecule has 0 aromatic heterocycles. The number of fused-ring (bicyclic) bond motifs is 1. The molecule has 3 rings (SSSR count). The summed E-state index contributed by atoms with van der Waals surface area (Å²) in [6.07, 6.45) is -8.85. The Balaban J connectivity index is 1.83. The highest BCUT2D eigenvalue weighted by Gasteiger charge is 2.43. The highest BCUT2D eigenvalue weighted by molar-refractivity contribution is 5.98. The second-order valence-corrected chi connectivity index (χ2v) is 7.11. The van der Waals surface area contributed by atoms with E-state index in [2.05, 4.69) is 0 Å². The van der Waals surface area contributed by atoms with E-state index in [1.807, 2.05) is 0 Å². The molecule has 0 aliphatic carbocycles. The van der Waals surface area contributed by atoms with Crippen molar-refractivity contribution >= 4 is 5.91 Å². The molecule has 2 aromatic rings. The van der Waals surface area contributed by atoms with Crippen LogP contribution in [0.4, 0.5) is 17.6 Å². The van der Waals surface area contributed by atoms with E-state index >= 15 is 0 Å². The van der Waals surface area contributed by atoms with E-state index in [4.69, 9.17) is 5.73 Å². The second kappa shape index (κ2) is 7.74. The van der Waals surface area contributed by atoms with Gasteiger partial charge in [-0.1, -0.05) is 24.3 Å². The fourth-order valence-electron chi connectivity index (χ4n) is 3.40. The molecule has 5 nitrogen and oxygen atoms in total. The van der Waals surface area contributed by atoms with Crippen LogP contribution in [-0.4, -0.2) is 40.3 Å². The maximum absolute atomic E-state index is 13.5. The molecule has 2 aromatic carbocycles. The molecule has 3 N–H and O–H groups in total. The monoisotopic (exact) mass is 411 g/mol. The average Bonchev–Trinajstić information content (AvgIpc) is 3.01. The van der Waals surface area contributed by atoms with E-state index < -0.39 is 30.4 Å². The minimum atomic E-state index is -4.85. The fraction of sp³-hybridized carbons (Fsp3) is 0.350. The third-order valence-electron chi connectivity index (χ3n) is 5.22. The van der Waals surface area contributed by atoms with E-state index in [1.54, 1.807) is 30.0 Å². The first kappa shape index (κ1) is 21.2. The zero-order chi connectivity index (χ0) is 21.5. The fourth-order valence-corrected chi connectivity index (χ4v) is 3.40. The van der Waals surface area contributed by atoms with E-state index in [1.165, 1.54) is 24.3 Å². The van der Waals surface area contributed by atoms with Crippen LogP contribution in [0.2, 0.25) is 0 Å². The third-order valence-corrected chi connectivity index (χ3v) is 5.22. The van der Waals surface area contributed by atoms with Gasteiger partial charge in [0, 0.05) is 12.1 Å². The summed E-state index contributed by atoms with van der Waals surface area (Å²) in [6.45, 7) is 2.07. The molecule has 1 heterocycles. The molecule has 3 atom stereocenters. The van der Waals surface area contributed by atoms with Gasteiger partial charge < -0.3 is 15.7 Å². The molecule has 2 unspecified atom stereocenters. The molecule has 9 heteroatoms. The van der Waals surface area contributed by atoms with Crippen LogP contribution in [0.15, 0.2) is 42.5 Å². The van der Waals surface area contributed by atoms with Crippen molar-refractivity contribution in [3.63, 3.8) is 0 Å². The Morgan fingerprint density at radius 2 is 1.86 bits per heavy atom. The van der Waals surface area contributed by atoms with Crippen molar-refractivity contribution in [2.45, 2.75) is 38.1 Å². The maximum Gasteiger partial charge on any atom is 0.428 e. The minimum absolute atomic E-state index is 0.267. The number of carbonyl (C=O) groups excluding carboxylic acids is 1. The van der Waals surface area contributed by atoms with Crippen molar-refractivity contribution in [3.8, 4) is 0 Å². The zero-order valence-corrected chi connectivity index (χ0v) is 15.8. The van der Waals surface area contributed by atoms with Crippen LogP contribution in [0, 0.1) is 5.82 Å². The number of carbonyl (C=O) groups is 1. The van der Waals surface area contributed by atoms with Gasteiger partial charge in [-0.15, -0.1) is 0 Å². The van der Waals surface area contributed by atoms with Crippen molar-refractivity contribution in [2.75, 3.05) is 7.05 Å². The average molecular weight is 411 g/mol. The number of hydrogen-bond donors (Lipinski definition) is 2. The van der Waals surface area contributed by atoms with Gasteiger partial charge in [-0.05, 0) is 48.9 Å². The molecule has 0 radical (unpaired) electrons. The van der Waals surface area contributed by atoms with Gasteiger partial charge in [0.2, 0.25) is 6.23 Å². The van der Waals surface area contributed by atoms with Crippen molar-refractivity contribution in [2.24, 2.45) is 5.73 Å². The molecular formula is C20H21F4N3O2. The molecule has 1 aliphatic rings. The second-order valence-electron chi connectivity index (χ2n) is 7.11. The Hall–Kier alpha value is -2.49. The maximum atomic E-state index is 13.5. The molecule has 0 fully saturated rings. The van der Waals surface area contributed by atoms with Crippen LogP contribution >= 0.6 is 0 Å². The van der Waals surface area contributed by atoms with E-state index in [9.17, 15) is 27.5 Å². The quantitative estimate of drug-likeness (QED) is 0.585. The van der Waals surface area contributed by atoms with Gasteiger partial charge in [0.25, 0.3) is 5.91 Å². The Morgan fingerprint density at radius 3 is 2.48 bits per heavy atom. The highest BCUT2D eigenvalue weighted by Crippen LogP contribution is 2.33. The number of nitrogens with zero attached hydrogens (tertiary/aromatic N) is 2. The highest BCUT2D eigenvalue weighted by atomic mass is 19.4. The predicted octanol–water partition coefficient (Wildman–Crippen LogP) is 3.31. The molecule has 0 bridgehead atoms. The molecule has 29 heavy (non-hydrogen) atoms. The van der Waals surface area contributed by atoms with Crippen LogP contribution in [-0.2, 0) is 6.54 Å². The van der Waals surface area contributed by atoms with Crippen LogP contribution in [0.25, 0.3) is 0 Å². The number of alkyl halides is 3. The van der Waals surface area contributed by atoms with Crippen LogP contribution < -0.4 is 5.73 Å². The molecule has 1 amide bonds. The van der Waals surface area contributed by atoms with Gasteiger partial charge in [0.05, 0.1) is 12.2 Å². The van der Waals surface area contributed by atoms with Gasteiger partial charge in [0.1, 0.15) is 5.82 Å². The topological polar surface area (TPSA) is 69.8 Å². The van der Waals surface area contributed by atoms with E-state index in [0.717, 1.165) is 7.05 Å². The van der Waals surface area contributed by atoms with Crippen molar-refractivity contribution in [1.82, 2.24) is 9.80 Å². The number of nitrogens with two attached hydrogens (primary N) is 1. The zero-order valence-electron chi connectivity index (χ0n) is 15.8. The Kier molecular flexibility index (Phi) is 5.66. The Labute approximate surface area is 165 Å². The Morgan fingerprint density at radius 1 is 1.17 bits per heavy atom. The number of halogens is 4. The first-order valence-corrected chi connectivity index (χ1v) is 8.92. The lowest BCUT2D eigenvalue weighted by Crippen LogP contribution is -2.47. The normalized spacial score (nSPS) is 17.4. The Bertz CT molecular complexity index is 919. The van der Waals surface area contributed by atoms with Crippen LogP contribution in [0.5, 0.6) is 0 Å². The van der Waals surface area contributed by atoms with Crippen LogP contribution in [0.1, 0.15) is 46.2 Å². The summed E-state index contributed by atoms with van der Waals surface area (Å²) in [7, 11) is 1.05. The lowest BCUT2D eigenvalue weighted by Gasteiger charge is -2.30.